The van der Waals surface area contributed by atoms with Crippen LogP contribution >= 0.6 is 11.3 Å². The van der Waals surface area contributed by atoms with Gasteiger partial charge in [-0.25, -0.2) is 4.98 Å². The Morgan fingerprint density at radius 1 is 1.50 bits per heavy atom. The Balaban J connectivity index is 2.32. The van der Waals surface area contributed by atoms with Crippen molar-refractivity contribution in [3.63, 3.8) is 0 Å². The van der Waals surface area contributed by atoms with Crippen molar-refractivity contribution in [3.8, 4) is 0 Å². The van der Waals surface area contributed by atoms with Crippen LogP contribution in [0.1, 0.15) is 25.6 Å². The molecular formula is C10H19N3S. The first kappa shape index (κ1) is 11.6. The van der Waals surface area contributed by atoms with Crippen molar-refractivity contribution >= 4 is 11.3 Å². The van der Waals surface area contributed by atoms with Crippen molar-refractivity contribution in [2.45, 2.75) is 25.9 Å². The van der Waals surface area contributed by atoms with E-state index < -0.39 is 0 Å². The topological polar surface area (TPSA) is 28.2 Å². The van der Waals surface area contributed by atoms with Crippen LogP contribution in [0.5, 0.6) is 0 Å². The number of likely N-dealkylation sites (N-methyl/N-ethyl adjacent to an activating group) is 1. The van der Waals surface area contributed by atoms with Gasteiger partial charge in [-0.1, -0.05) is 0 Å². The summed E-state index contributed by atoms with van der Waals surface area (Å²) in [6.45, 7) is 5.35. The molecule has 1 aromatic rings. The molecule has 0 radical (unpaired) electrons. The van der Waals surface area contributed by atoms with Gasteiger partial charge in [0, 0.05) is 24.0 Å². The lowest BCUT2D eigenvalue weighted by Crippen LogP contribution is -2.36. The molecule has 80 valence electrons. The maximum absolute atomic E-state index is 4.28. The molecule has 0 aliphatic heterocycles. The van der Waals surface area contributed by atoms with Crippen LogP contribution in [0.4, 0.5) is 0 Å². The van der Waals surface area contributed by atoms with E-state index >= 15 is 0 Å². The molecule has 3 nitrogen and oxygen atoms in total. The van der Waals surface area contributed by atoms with Gasteiger partial charge >= 0.3 is 0 Å². The van der Waals surface area contributed by atoms with Gasteiger partial charge in [-0.05, 0) is 27.9 Å². The van der Waals surface area contributed by atoms with Gasteiger partial charge in [-0.2, -0.15) is 0 Å². The molecule has 0 saturated heterocycles. The Hall–Kier alpha value is -0.450. The molecule has 4 heteroatoms. The lowest BCUT2D eigenvalue weighted by molar-refractivity contribution is 0.295. The first-order chi connectivity index (χ1) is 6.61. The minimum Gasteiger partial charge on any atom is -0.307 e. The average Bonchev–Trinajstić information content (AvgIpc) is 2.66. The van der Waals surface area contributed by atoms with Gasteiger partial charge in [-0.3, -0.25) is 0 Å². The van der Waals surface area contributed by atoms with Crippen molar-refractivity contribution < 1.29 is 0 Å². The zero-order valence-electron chi connectivity index (χ0n) is 9.32. The lowest BCUT2D eigenvalue weighted by Gasteiger charge is -2.22. The summed E-state index contributed by atoms with van der Waals surface area (Å²) in [5.41, 5.74) is 3.02. The quantitative estimate of drug-likeness (QED) is 0.807. The Labute approximate surface area is 90.2 Å². The minimum absolute atomic E-state index is 0.351. The molecule has 14 heavy (non-hydrogen) atoms. The van der Waals surface area contributed by atoms with Gasteiger partial charge in [0.05, 0.1) is 11.2 Å². The molecule has 0 saturated carbocycles. The molecule has 1 heterocycles. The van der Waals surface area contributed by atoms with Crippen LogP contribution in [0.25, 0.3) is 0 Å². The number of aromatic nitrogens is 1. The van der Waals surface area contributed by atoms with Gasteiger partial charge in [0.25, 0.3) is 0 Å². The van der Waals surface area contributed by atoms with E-state index in [0.717, 1.165) is 12.2 Å². The highest BCUT2D eigenvalue weighted by molar-refractivity contribution is 7.07. The number of nitrogens with zero attached hydrogens (tertiary/aromatic N) is 2. The zero-order chi connectivity index (χ0) is 10.6. The molecule has 0 fully saturated rings. The molecule has 0 amide bonds. The van der Waals surface area contributed by atoms with E-state index in [1.54, 1.807) is 11.3 Å². The number of nitrogens with one attached hydrogen (secondary N) is 1. The molecule has 1 rings (SSSR count). The third-order valence-electron chi connectivity index (χ3n) is 2.50. The second kappa shape index (κ2) is 5.44. The Morgan fingerprint density at radius 2 is 2.21 bits per heavy atom. The van der Waals surface area contributed by atoms with Crippen LogP contribution < -0.4 is 5.32 Å². The molecule has 0 aromatic carbocycles. The highest BCUT2D eigenvalue weighted by atomic mass is 32.1. The van der Waals surface area contributed by atoms with E-state index in [1.807, 2.05) is 5.51 Å². The number of hydrogen-bond acceptors (Lipinski definition) is 4. The van der Waals surface area contributed by atoms with E-state index in [2.05, 4.69) is 48.5 Å². The summed E-state index contributed by atoms with van der Waals surface area (Å²) in [6, 6.07) is 0.903. The van der Waals surface area contributed by atoms with Crippen molar-refractivity contribution in [1.82, 2.24) is 15.2 Å². The van der Waals surface area contributed by atoms with E-state index in [9.17, 15) is 0 Å². The maximum Gasteiger partial charge on any atom is 0.0795 e. The SMILES string of the molecule is CC(NCC(C)N(C)C)c1cscn1. The Bertz CT molecular complexity index is 246. The third kappa shape index (κ3) is 3.36. The number of hydrogen-bond donors (Lipinski definition) is 1. The molecule has 1 aromatic heterocycles. The van der Waals surface area contributed by atoms with Gasteiger partial charge in [0.2, 0.25) is 0 Å². The van der Waals surface area contributed by atoms with Crippen LogP contribution in [0, 0.1) is 0 Å². The fourth-order valence-electron chi connectivity index (χ4n) is 1.07. The first-order valence-corrected chi connectivity index (χ1v) is 5.83. The summed E-state index contributed by atoms with van der Waals surface area (Å²) in [7, 11) is 4.19. The van der Waals surface area contributed by atoms with E-state index in [1.165, 1.54) is 0 Å². The van der Waals surface area contributed by atoms with Crippen LogP contribution in [0.2, 0.25) is 0 Å². The molecule has 0 aliphatic carbocycles. The number of thiazole rings is 1. The van der Waals surface area contributed by atoms with Crippen molar-refractivity contribution in [2.24, 2.45) is 0 Å². The van der Waals surface area contributed by atoms with Crippen molar-refractivity contribution in [2.75, 3.05) is 20.6 Å². The molecule has 2 unspecified atom stereocenters. The van der Waals surface area contributed by atoms with Gasteiger partial charge in [-0.15, -0.1) is 11.3 Å². The summed E-state index contributed by atoms with van der Waals surface area (Å²) >= 11 is 1.65. The van der Waals surface area contributed by atoms with Gasteiger partial charge < -0.3 is 10.2 Å². The van der Waals surface area contributed by atoms with Crippen LogP contribution in [-0.4, -0.2) is 36.6 Å². The largest absolute Gasteiger partial charge is 0.307 e. The summed E-state index contributed by atoms with van der Waals surface area (Å²) < 4.78 is 0. The third-order valence-corrected chi connectivity index (χ3v) is 3.10. The van der Waals surface area contributed by atoms with Crippen LogP contribution in [-0.2, 0) is 0 Å². The second-order valence-corrected chi connectivity index (χ2v) is 4.57. The fourth-order valence-corrected chi connectivity index (χ4v) is 1.72. The predicted molar refractivity (Wildman–Crippen MR) is 61.7 cm³/mol. The van der Waals surface area contributed by atoms with E-state index in [4.69, 9.17) is 0 Å². The summed E-state index contributed by atoms with van der Waals surface area (Å²) in [5, 5.41) is 5.56. The smallest absolute Gasteiger partial charge is 0.0795 e. The average molecular weight is 213 g/mol. The molecule has 1 N–H and O–H groups in total. The van der Waals surface area contributed by atoms with E-state index in [0.29, 0.717) is 12.1 Å². The highest BCUT2D eigenvalue weighted by Gasteiger charge is 2.09. The maximum atomic E-state index is 4.28. The van der Waals surface area contributed by atoms with E-state index in [-0.39, 0.29) is 0 Å². The lowest BCUT2D eigenvalue weighted by atomic mass is 10.2. The van der Waals surface area contributed by atoms with Gasteiger partial charge in [0.15, 0.2) is 0 Å². The first-order valence-electron chi connectivity index (χ1n) is 4.89. The number of rotatable bonds is 5. The van der Waals surface area contributed by atoms with Crippen molar-refractivity contribution in [1.29, 1.82) is 0 Å². The van der Waals surface area contributed by atoms with Crippen molar-refractivity contribution in [3.05, 3.63) is 16.6 Å². The minimum atomic E-state index is 0.351. The highest BCUT2D eigenvalue weighted by Crippen LogP contribution is 2.11. The molecular weight excluding hydrogens is 194 g/mol. The molecule has 0 aliphatic rings. The normalized spacial score (nSPS) is 15.8. The Morgan fingerprint density at radius 3 is 2.71 bits per heavy atom. The second-order valence-electron chi connectivity index (χ2n) is 3.86. The predicted octanol–water partition coefficient (Wildman–Crippen LogP) is 1.74. The zero-order valence-corrected chi connectivity index (χ0v) is 10.1. The molecule has 0 bridgehead atoms. The van der Waals surface area contributed by atoms with Crippen LogP contribution in [0.3, 0.4) is 0 Å². The molecule has 2 atom stereocenters. The summed E-state index contributed by atoms with van der Waals surface area (Å²) in [4.78, 5) is 6.49. The summed E-state index contributed by atoms with van der Waals surface area (Å²) in [6.07, 6.45) is 0. The fraction of sp³-hybridized carbons (Fsp3) is 0.700. The Kier molecular flexibility index (Phi) is 4.51. The standard InChI is InChI=1S/C10H19N3S/c1-8(13(3)4)5-11-9(2)10-6-14-7-12-10/h6-9,11H,5H2,1-4H3. The van der Waals surface area contributed by atoms with Gasteiger partial charge in [0.1, 0.15) is 0 Å². The summed E-state index contributed by atoms with van der Waals surface area (Å²) in [5.74, 6) is 0. The molecule has 0 spiro atoms. The van der Waals surface area contributed by atoms with Crippen LogP contribution in [0.15, 0.2) is 10.9 Å². The monoisotopic (exact) mass is 213 g/mol.